The molecule has 0 aliphatic carbocycles. The van der Waals surface area contributed by atoms with Crippen LogP contribution in [0.4, 0.5) is 0 Å². The molecule has 0 radical (unpaired) electrons. The predicted octanol–water partition coefficient (Wildman–Crippen LogP) is 2.81. The highest BCUT2D eigenvalue weighted by Gasteiger charge is 2.26. The average Bonchev–Trinajstić information content (AvgIpc) is 3.32. The summed E-state index contributed by atoms with van der Waals surface area (Å²) in [6, 6.07) is 11.9. The molecule has 0 bridgehead atoms. The Morgan fingerprint density at radius 3 is 2.77 bits per heavy atom. The third kappa shape index (κ3) is 6.93. The monoisotopic (exact) mass is 446 g/mol. The Balaban J connectivity index is 1.64. The summed E-state index contributed by atoms with van der Waals surface area (Å²) in [6.07, 6.45) is -0.408. The van der Waals surface area contributed by atoms with Crippen LogP contribution in [0.25, 0.3) is 0 Å². The fraction of sp³-hybridized carbons (Fsp3) is 0.522. The third-order valence-electron chi connectivity index (χ3n) is 5.31. The normalized spacial score (nSPS) is 19.6. The number of hydrogen-bond acceptors (Lipinski definition) is 6. The van der Waals surface area contributed by atoms with Gasteiger partial charge in [0.25, 0.3) is 0 Å². The molecule has 1 aliphatic heterocycles. The molecule has 31 heavy (non-hydrogen) atoms. The summed E-state index contributed by atoms with van der Waals surface area (Å²) in [5.74, 6) is 1.48. The van der Waals surface area contributed by atoms with Crippen molar-refractivity contribution in [3.63, 3.8) is 0 Å². The number of nitrogens with zero attached hydrogens (tertiary/aromatic N) is 2. The molecule has 170 valence electrons. The van der Waals surface area contributed by atoms with Gasteiger partial charge in [0.1, 0.15) is 5.75 Å². The molecule has 1 aromatic heterocycles. The van der Waals surface area contributed by atoms with Crippen LogP contribution in [0.1, 0.15) is 36.4 Å². The number of thiophene rings is 1. The van der Waals surface area contributed by atoms with Gasteiger partial charge in [-0.25, -0.2) is 0 Å². The number of hydrogen-bond donors (Lipinski definition) is 3. The summed E-state index contributed by atoms with van der Waals surface area (Å²) in [4.78, 5) is 8.62. The minimum atomic E-state index is -0.636. The number of methoxy groups -OCH3 is 1. The third-order valence-corrected chi connectivity index (χ3v) is 6.29. The van der Waals surface area contributed by atoms with Crippen LogP contribution in [0.3, 0.4) is 0 Å². The fourth-order valence-electron chi connectivity index (χ4n) is 3.65. The van der Waals surface area contributed by atoms with E-state index < -0.39 is 6.10 Å². The largest absolute Gasteiger partial charge is 0.497 e. The lowest BCUT2D eigenvalue weighted by molar-refractivity contribution is -0.0327. The Labute approximate surface area is 189 Å². The first-order valence-corrected chi connectivity index (χ1v) is 11.7. The number of nitrogens with one attached hydrogen (secondary N) is 2. The second-order valence-corrected chi connectivity index (χ2v) is 8.58. The van der Waals surface area contributed by atoms with Gasteiger partial charge in [-0.1, -0.05) is 18.2 Å². The van der Waals surface area contributed by atoms with Crippen LogP contribution in [0.2, 0.25) is 0 Å². The molecule has 2 heterocycles. The molecular formula is C23H34N4O3S. The Morgan fingerprint density at radius 1 is 1.32 bits per heavy atom. The number of aliphatic imine (C=N–C) groups is 1. The van der Waals surface area contributed by atoms with E-state index in [4.69, 9.17) is 14.5 Å². The van der Waals surface area contributed by atoms with Crippen LogP contribution >= 0.6 is 11.3 Å². The molecule has 0 amide bonds. The van der Waals surface area contributed by atoms with Gasteiger partial charge in [-0.05, 0) is 43.0 Å². The molecule has 3 N–H and O–H groups in total. The van der Waals surface area contributed by atoms with Gasteiger partial charge in [0, 0.05) is 31.1 Å². The van der Waals surface area contributed by atoms with Crippen molar-refractivity contribution in [3.8, 4) is 5.75 Å². The fourth-order valence-corrected chi connectivity index (χ4v) is 4.50. The van der Waals surface area contributed by atoms with Crippen LogP contribution in [-0.2, 0) is 4.74 Å². The van der Waals surface area contributed by atoms with Crippen molar-refractivity contribution >= 4 is 17.3 Å². The van der Waals surface area contributed by atoms with Crippen molar-refractivity contribution in [2.45, 2.75) is 32.1 Å². The topological polar surface area (TPSA) is 78.4 Å². The van der Waals surface area contributed by atoms with E-state index in [-0.39, 0.29) is 12.1 Å². The van der Waals surface area contributed by atoms with E-state index in [1.54, 1.807) is 18.4 Å². The van der Waals surface area contributed by atoms with E-state index >= 15 is 0 Å². The van der Waals surface area contributed by atoms with Crippen LogP contribution in [0.15, 0.2) is 46.8 Å². The van der Waals surface area contributed by atoms with E-state index in [0.29, 0.717) is 19.0 Å². The number of aliphatic hydroxyl groups is 1. The zero-order chi connectivity index (χ0) is 22.1. The summed E-state index contributed by atoms with van der Waals surface area (Å²) in [6.45, 7) is 8.48. The summed E-state index contributed by atoms with van der Waals surface area (Å²) in [5.41, 5.74) is 0.836. The van der Waals surface area contributed by atoms with Crippen molar-refractivity contribution in [3.05, 3.63) is 52.2 Å². The molecule has 0 spiro atoms. The lowest BCUT2D eigenvalue weighted by atomic mass is 10.1. The van der Waals surface area contributed by atoms with Gasteiger partial charge in [-0.15, -0.1) is 11.3 Å². The molecule has 3 unspecified atom stereocenters. The Morgan fingerprint density at radius 2 is 2.13 bits per heavy atom. The molecule has 3 atom stereocenters. The number of aliphatic hydroxyl groups excluding tert-OH is 1. The smallest absolute Gasteiger partial charge is 0.191 e. The SMILES string of the molecule is CCNC(=NCC(c1cccs1)N1CCOC(C)C1)NCC(O)c1ccc(OC)cc1. The first-order chi connectivity index (χ1) is 15.1. The molecule has 2 aromatic rings. The van der Waals surface area contributed by atoms with Gasteiger partial charge < -0.3 is 25.2 Å². The van der Waals surface area contributed by atoms with Gasteiger partial charge in [-0.3, -0.25) is 9.89 Å². The van der Waals surface area contributed by atoms with Crippen molar-refractivity contribution < 1.29 is 14.6 Å². The number of benzene rings is 1. The van der Waals surface area contributed by atoms with Crippen molar-refractivity contribution in [2.75, 3.05) is 46.4 Å². The van der Waals surface area contributed by atoms with Crippen LogP contribution < -0.4 is 15.4 Å². The van der Waals surface area contributed by atoms with Crippen LogP contribution in [-0.4, -0.2) is 68.5 Å². The summed E-state index contributed by atoms with van der Waals surface area (Å²) in [7, 11) is 1.63. The maximum absolute atomic E-state index is 10.6. The molecule has 0 saturated carbocycles. The Bertz CT molecular complexity index is 798. The maximum atomic E-state index is 10.6. The zero-order valence-electron chi connectivity index (χ0n) is 18.6. The number of rotatable bonds is 9. The van der Waals surface area contributed by atoms with Gasteiger partial charge in [0.15, 0.2) is 5.96 Å². The summed E-state index contributed by atoms with van der Waals surface area (Å²) < 4.78 is 10.9. The molecule has 1 aliphatic rings. The number of ether oxygens (including phenoxy) is 2. The average molecular weight is 447 g/mol. The van der Waals surface area contributed by atoms with E-state index in [2.05, 4.69) is 40.0 Å². The Kier molecular flexibility index (Phi) is 9.14. The highest BCUT2D eigenvalue weighted by Crippen LogP contribution is 2.27. The molecular weight excluding hydrogens is 412 g/mol. The van der Waals surface area contributed by atoms with E-state index in [1.165, 1.54) is 4.88 Å². The van der Waals surface area contributed by atoms with Gasteiger partial charge in [-0.2, -0.15) is 0 Å². The second kappa shape index (κ2) is 12.0. The van der Waals surface area contributed by atoms with E-state index in [1.807, 2.05) is 31.2 Å². The van der Waals surface area contributed by atoms with Crippen molar-refractivity contribution in [2.24, 2.45) is 4.99 Å². The zero-order valence-corrected chi connectivity index (χ0v) is 19.4. The van der Waals surface area contributed by atoms with E-state index in [0.717, 1.165) is 37.6 Å². The first kappa shape index (κ1) is 23.5. The molecule has 1 fully saturated rings. The minimum Gasteiger partial charge on any atom is -0.497 e. The van der Waals surface area contributed by atoms with Crippen molar-refractivity contribution in [1.29, 1.82) is 0 Å². The molecule has 1 aromatic carbocycles. The summed E-state index contributed by atoms with van der Waals surface area (Å²) >= 11 is 1.77. The van der Waals surface area contributed by atoms with Gasteiger partial charge >= 0.3 is 0 Å². The molecule has 3 rings (SSSR count). The molecule has 1 saturated heterocycles. The van der Waals surface area contributed by atoms with Crippen LogP contribution in [0.5, 0.6) is 5.75 Å². The number of guanidine groups is 1. The molecule has 7 nitrogen and oxygen atoms in total. The Hall–Kier alpha value is -2.13. The highest BCUT2D eigenvalue weighted by atomic mass is 32.1. The summed E-state index contributed by atoms with van der Waals surface area (Å²) in [5, 5.41) is 19.2. The lowest BCUT2D eigenvalue weighted by Gasteiger charge is -2.36. The lowest BCUT2D eigenvalue weighted by Crippen LogP contribution is -2.44. The quantitative estimate of drug-likeness (QED) is 0.406. The standard InChI is InChI=1S/C23H34N4O3S/c1-4-24-23(26-15-21(28)18-7-9-19(29-3)10-8-18)25-14-20(22-6-5-13-31-22)27-11-12-30-17(2)16-27/h5-10,13,17,20-21,28H,4,11-12,14-16H2,1-3H3,(H2,24,25,26). The van der Waals surface area contributed by atoms with E-state index in [9.17, 15) is 5.11 Å². The van der Waals surface area contributed by atoms with Crippen molar-refractivity contribution in [1.82, 2.24) is 15.5 Å². The first-order valence-electron chi connectivity index (χ1n) is 10.8. The maximum Gasteiger partial charge on any atom is 0.191 e. The van der Waals surface area contributed by atoms with Crippen LogP contribution in [0, 0.1) is 0 Å². The second-order valence-electron chi connectivity index (χ2n) is 7.60. The van der Waals surface area contributed by atoms with Gasteiger partial charge in [0.2, 0.25) is 0 Å². The predicted molar refractivity (Wildman–Crippen MR) is 126 cm³/mol. The highest BCUT2D eigenvalue weighted by molar-refractivity contribution is 7.10. The molecule has 8 heteroatoms. The minimum absolute atomic E-state index is 0.216. The van der Waals surface area contributed by atoms with Gasteiger partial charge in [0.05, 0.1) is 38.5 Å². The number of morpholine rings is 1.